The van der Waals surface area contributed by atoms with Gasteiger partial charge in [0.25, 0.3) is 0 Å². The summed E-state index contributed by atoms with van der Waals surface area (Å²) in [5, 5.41) is 22.1. The molecule has 0 aliphatic rings. The van der Waals surface area contributed by atoms with Gasteiger partial charge in [0.2, 0.25) is 0 Å². The summed E-state index contributed by atoms with van der Waals surface area (Å²) in [6.45, 7) is 1.73. The van der Waals surface area contributed by atoms with E-state index in [1.54, 1.807) is 6.07 Å². The number of nitrogens with zero attached hydrogens (tertiary/aromatic N) is 1. The quantitative estimate of drug-likeness (QED) is 0.572. The van der Waals surface area contributed by atoms with Crippen LogP contribution in [-0.4, -0.2) is 39.8 Å². The van der Waals surface area contributed by atoms with Crippen molar-refractivity contribution >= 4 is 12.0 Å². The number of hydrogen-bond donors (Lipinski definition) is 4. The van der Waals surface area contributed by atoms with E-state index in [9.17, 15) is 9.59 Å². The molecule has 0 saturated carbocycles. The number of nitrogens with one attached hydrogen (secondary N) is 2. The first-order valence-electron chi connectivity index (χ1n) is 5.34. The van der Waals surface area contributed by atoms with Crippen molar-refractivity contribution in [1.82, 2.24) is 15.6 Å². The largest absolute Gasteiger partial charge is 0.479 e. The smallest absolute Gasteiger partial charge is 0.334 e. The second kappa shape index (κ2) is 6.55. The third kappa shape index (κ3) is 4.79. The lowest BCUT2D eigenvalue weighted by molar-refractivity contribution is -0.146. The number of carboxylic acids is 1. The molecule has 2 amide bonds. The summed E-state index contributed by atoms with van der Waals surface area (Å²) in [7, 11) is 0. The van der Waals surface area contributed by atoms with Gasteiger partial charge in [-0.25, -0.2) is 9.59 Å². The molecule has 1 aromatic rings. The normalized spacial score (nSPS) is 11.7. The molecular weight excluding hydrogens is 238 g/mol. The molecule has 0 bridgehead atoms. The topological polar surface area (TPSA) is 112 Å². The van der Waals surface area contributed by atoms with E-state index in [0.717, 1.165) is 5.69 Å². The third-order valence-electron chi connectivity index (χ3n) is 2.12. The molecule has 7 heteroatoms. The summed E-state index contributed by atoms with van der Waals surface area (Å²) in [6.07, 6.45) is -1.60. The van der Waals surface area contributed by atoms with Gasteiger partial charge in [-0.15, -0.1) is 0 Å². The van der Waals surface area contributed by atoms with Crippen LogP contribution in [0.15, 0.2) is 18.2 Å². The van der Waals surface area contributed by atoms with Crippen LogP contribution in [0, 0.1) is 6.92 Å². The number of carbonyl (C=O) groups is 2. The maximum Gasteiger partial charge on any atom is 0.334 e. The highest BCUT2D eigenvalue weighted by Gasteiger charge is 2.13. The minimum Gasteiger partial charge on any atom is -0.479 e. The molecule has 0 spiro atoms. The molecule has 0 saturated heterocycles. The number of aryl methyl sites for hydroxylation is 1. The first kappa shape index (κ1) is 13.9. The zero-order valence-electron chi connectivity index (χ0n) is 9.88. The minimum atomic E-state index is -1.60. The lowest BCUT2D eigenvalue weighted by Crippen LogP contribution is -2.41. The summed E-state index contributed by atoms with van der Waals surface area (Å²) < 4.78 is 0. The Morgan fingerprint density at radius 3 is 2.72 bits per heavy atom. The number of urea groups is 1. The van der Waals surface area contributed by atoms with E-state index in [-0.39, 0.29) is 13.1 Å². The fourth-order valence-corrected chi connectivity index (χ4v) is 1.21. The molecule has 0 unspecified atom stereocenters. The number of aliphatic carboxylic acids is 1. The number of carboxylic acid groups (broad SMARTS) is 1. The van der Waals surface area contributed by atoms with Crippen LogP contribution in [0.1, 0.15) is 11.4 Å². The molecule has 4 N–H and O–H groups in total. The van der Waals surface area contributed by atoms with Gasteiger partial charge in [0, 0.05) is 5.69 Å². The number of pyridine rings is 1. The Bertz CT molecular complexity index is 436. The fourth-order valence-electron chi connectivity index (χ4n) is 1.21. The summed E-state index contributed by atoms with van der Waals surface area (Å²) in [5.74, 6) is -1.38. The van der Waals surface area contributed by atoms with Gasteiger partial charge in [0.05, 0.1) is 18.8 Å². The number of amides is 2. The van der Waals surface area contributed by atoms with Gasteiger partial charge in [0.1, 0.15) is 0 Å². The predicted octanol–water partition coefficient (Wildman–Crippen LogP) is -0.365. The van der Waals surface area contributed by atoms with Crippen LogP contribution in [0.5, 0.6) is 0 Å². The van der Waals surface area contributed by atoms with Crippen molar-refractivity contribution in [3.8, 4) is 0 Å². The Labute approximate surface area is 104 Å². The standard InChI is InChI=1S/C11H15N3O4/c1-7-3-2-4-8(14-7)5-12-11(18)13-6-9(15)10(16)17/h2-4,9,15H,5-6H2,1H3,(H,16,17)(H2,12,13,18)/t9-/m0/s1. The van der Waals surface area contributed by atoms with E-state index >= 15 is 0 Å². The molecule has 18 heavy (non-hydrogen) atoms. The Morgan fingerprint density at radius 1 is 1.39 bits per heavy atom. The van der Waals surface area contributed by atoms with E-state index < -0.39 is 18.1 Å². The second-order valence-corrected chi connectivity index (χ2v) is 3.69. The van der Waals surface area contributed by atoms with Gasteiger partial charge in [-0.05, 0) is 19.1 Å². The summed E-state index contributed by atoms with van der Waals surface area (Å²) >= 11 is 0. The van der Waals surface area contributed by atoms with Gasteiger partial charge in [-0.1, -0.05) is 6.07 Å². The molecule has 0 fully saturated rings. The molecular formula is C11H15N3O4. The SMILES string of the molecule is Cc1cccc(CNC(=O)NC[C@H](O)C(=O)O)n1. The molecule has 0 radical (unpaired) electrons. The van der Waals surface area contributed by atoms with Crippen LogP contribution < -0.4 is 10.6 Å². The Balaban J connectivity index is 2.31. The average Bonchev–Trinajstić information content (AvgIpc) is 2.33. The van der Waals surface area contributed by atoms with Crippen LogP contribution in [0.4, 0.5) is 4.79 Å². The number of aliphatic hydroxyl groups excluding tert-OH is 1. The van der Waals surface area contributed by atoms with Crippen LogP contribution in [0.3, 0.4) is 0 Å². The van der Waals surface area contributed by atoms with E-state index in [1.165, 1.54) is 0 Å². The predicted molar refractivity (Wildman–Crippen MR) is 62.9 cm³/mol. The third-order valence-corrected chi connectivity index (χ3v) is 2.12. The van der Waals surface area contributed by atoms with Gasteiger partial charge in [0.15, 0.2) is 6.10 Å². The maximum absolute atomic E-state index is 11.3. The number of rotatable bonds is 5. The number of hydrogen-bond acceptors (Lipinski definition) is 4. The zero-order valence-corrected chi connectivity index (χ0v) is 9.88. The summed E-state index contributed by atoms with van der Waals surface area (Å²) in [4.78, 5) is 25.8. The van der Waals surface area contributed by atoms with Gasteiger partial charge >= 0.3 is 12.0 Å². The van der Waals surface area contributed by atoms with Crippen molar-refractivity contribution in [2.75, 3.05) is 6.54 Å². The highest BCUT2D eigenvalue weighted by molar-refractivity contribution is 5.76. The van der Waals surface area contributed by atoms with E-state index in [2.05, 4.69) is 15.6 Å². The van der Waals surface area contributed by atoms with Gasteiger partial charge in [-0.2, -0.15) is 0 Å². The Morgan fingerprint density at radius 2 is 2.11 bits per heavy atom. The molecule has 1 aromatic heterocycles. The van der Waals surface area contributed by atoms with Crippen molar-refractivity contribution < 1.29 is 19.8 Å². The van der Waals surface area contributed by atoms with Crippen molar-refractivity contribution in [3.63, 3.8) is 0 Å². The number of carbonyl (C=O) groups excluding carboxylic acids is 1. The molecule has 7 nitrogen and oxygen atoms in total. The van der Waals surface area contributed by atoms with Crippen LogP contribution >= 0.6 is 0 Å². The Hall–Kier alpha value is -2.15. The number of aliphatic hydroxyl groups is 1. The van der Waals surface area contributed by atoms with Gasteiger partial charge in [-0.3, -0.25) is 4.98 Å². The highest BCUT2D eigenvalue weighted by atomic mass is 16.4. The molecule has 0 aliphatic carbocycles. The van der Waals surface area contributed by atoms with Crippen molar-refractivity contribution in [2.24, 2.45) is 0 Å². The maximum atomic E-state index is 11.3. The van der Waals surface area contributed by atoms with Gasteiger partial charge < -0.3 is 20.8 Å². The highest BCUT2D eigenvalue weighted by Crippen LogP contribution is 1.97. The van der Waals surface area contributed by atoms with E-state index in [4.69, 9.17) is 10.2 Å². The molecule has 0 aliphatic heterocycles. The van der Waals surface area contributed by atoms with Crippen molar-refractivity contribution in [3.05, 3.63) is 29.6 Å². The minimum absolute atomic E-state index is 0.233. The van der Waals surface area contributed by atoms with Crippen LogP contribution in [0.25, 0.3) is 0 Å². The molecule has 0 aromatic carbocycles. The zero-order chi connectivity index (χ0) is 13.5. The average molecular weight is 253 g/mol. The molecule has 1 atom stereocenters. The molecule has 1 heterocycles. The lowest BCUT2D eigenvalue weighted by atomic mass is 10.3. The lowest BCUT2D eigenvalue weighted by Gasteiger charge is -2.09. The monoisotopic (exact) mass is 253 g/mol. The molecule has 1 rings (SSSR count). The van der Waals surface area contributed by atoms with Crippen LogP contribution in [0.2, 0.25) is 0 Å². The van der Waals surface area contributed by atoms with Crippen molar-refractivity contribution in [2.45, 2.75) is 19.6 Å². The fraction of sp³-hybridized carbons (Fsp3) is 0.364. The molecule has 98 valence electrons. The summed E-state index contributed by atoms with van der Waals surface area (Å²) in [5.41, 5.74) is 1.54. The second-order valence-electron chi connectivity index (χ2n) is 3.69. The van der Waals surface area contributed by atoms with Crippen molar-refractivity contribution in [1.29, 1.82) is 0 Å². The number of aromatic nitrogens is 1. The first-order chi connectivity index (χ1) is 8.49. The summed E-state index contributed by atoms with van der Waals surface area (Å²) in [6, 6.07) is 4.87. The van der Waals surface area contributed by atoms with Crippen LogP contribution in [-0.2, 0) is 11.3 Å². The first-order valence-corrected chi connectivity index (χ1v) is 5.34. The van der Waals surface area contributed by atoms with E-state index in [0.29, 0.717) is 5.69 Å². The van der Waals surface area contributed by atoms with E-state index in [1.807, 2.05) is 19.1 Å². The Kier molecular flexibility index (Phi) is 5.06.